The van der Waals surface area contributed by atoms with Crippen molar-refractivity contribution in [1.29, 1.82) is 0 Å². The highest BCUT2D eigenvalue weighted by Crippen LogP contribution is 2.07. The third-order valence-corrected chi connectivity index (χ3v) is 1.26. The van der Waals surface area contributed by atoms with Crippen LogP contribution in [0.1, 0.15) is 0 Å². The number of benzene rings is 1. The average Bonchev–Trinajstić information content (AvgIpc) is 2.07. The fraction of sp³-hybridized carbons (Fsp3) is 0.100. The Morgan fingerprint density at radius 2 is 2.00 bits per heavy atom. The molecule has 0 N–H and O–H groups in total. The van der Waals surface area contributed by atoms with Crippen molar-refractivity contribution in [3.63, 3.8) is 0 Å². The van der Waals surface area contributed by atoms with Gasteiger partial charge in [0.25, 0.3) is 0 Å². The van der Waals surface area contributed by atoms with E-state index in [2.05, 4.69) is 6.92 Å². The molecule has 0 bridgehead atoms. The minimum Gasteiger partial charge on any atom is -0.490 e. The summed E-state index contributed by atoms with van der Waals surface area (Å²) in [5.41, 5.74) is 0. The lowest BCUT2D eigenvalue weighted by Gasteiger charge is -2.00. The summed E-state index contributed by atoms with van der Waals surface area (Å²) in [6.07, 6.45) is 3.59. The van der Waals surface area contributed by atoms with Crippen molar-refractivity contribution >= 4 is 0 Å². The van der Waals surface area contributed by atoms with Gasteiger partial charge in [-0.15, -0.1) is 0 Å². The summed E-state index contributed by atoms with van der Waals surface area (Å²) >= 11 is 0. The predicted molar refractivity (Wildman–Crippen MR) is 46.4 cm³/mol. The Morgan fingerprint density at radius 3 is 2.64 bits per heavy atom. The van der Waals surface area contributed by atoms with Crippen molar-refractivity contribution in [3.8, 4) is 5.75 Å². The van der Waals surface area contributed by atoms with Gasteiger partial charge in [0.15, 0.2) is 0 Å². The average molecular weight is 147 g/mol. The van der Waals surface area contributed by atoms with Crippen LogP contribution >= 0.6 is 0 Å². The minimum atomic E-state index is 0.591. The van der Waals surface area contributed by atoms with E-state index in [0.29, 0.717) is 6.61 Å². The van der Waals surface area contributed by atoms with Gasteiger partial charge >= 0.3 is 0 Å². The Hall–Kier alpha value is -1.24. The first-order valence-electron chi connectivity index (χ1n) is 3.55. The standard InChI is InChI=1S/C10H11O/c1-2-3-9-11-10-7-5-4-6-8-10/h2-8H,1,9H2. The Morgan fingerprint density at radius 1 is 1.27 bits per heavy atom. The third kappa shape index (κ3) is 2.89. The fourth-order valence-electron chi connectivity index (χ4n) is 0.729. The lowest BCUT2D eigenvalue weighted by atomic mass is 10.3. The first-order chi connectivity index (χ1) is 5.43. The van der Waals surface area contributed by atoms with Crippen LogP contribution < -0.4 is 4.74 Å². The third-order valence-electron chi connectivity index (χ3n) is 1.26. The van der Waals surface area contributed by atoms with Gasteiger partial charge in [-0.25, -0.2) is 0 Å². The van der Waals surface area contributed by atoms with E-state index in [1.54, 1.807) is 6.08 Å². The van der Waals surface area contributed by atoms with Crippen molar-refractivity contribution in [2.24, 2.45) is 0 Å². The van der Waals surface area contributed by atoms with Crippen molar-refractivity contribution in [2.45, 2.75) is 0 Å². The molecule has 0 saturated carbocycles. The molecule has 11 heavy (non-hydrogen) atoms. The SMILES string of the molecule is [CH2]C=CCOc1ccccc1. The molecule has 0 heterocycles. The maximum atomic E-state index is 5.32. The number of rotatable bonds is 3. The molecule has 0 atom stereocenters. The summed E-state index contributed by atoms with van der Waals surface area (Å²) in [5, 5.41) is 0. The largest absolute Gasteiger partial charge is 0.490 e. The van der Waals surface area contributed by atoms with Gasteiger partial charge < -0.3 is 4.74 Å². The normalized spacial score (nSPS) is 10.3. The van der Waals surface area contributed by atoms with Gasteiger partial charge in [-0.3, -0.25) is 0 Å². The number of ether oxygens (including phenoxy) is 1. The molecule has 1 heteroatoms. The molecule has 0 fully saturated rings. The summed E-state index contributed by atoms with van der Waals surface area (Å²) in [6, 6.07) is 9.71. The first-order valence-corrected chi connectivity index (χ1v) is 3.55. The van der Waals surface area contributed by atoms with E-state index in [9.17, 15) is 0 Å². The number of para-hydroxylation sites is 1. The van der Waals surface area contributed by atoms with Crippen LogP contribution in [-0.4, -0.2) is 6.61 Å². The molecule has 0 unspecified atom stereocenters. The van der Waals surface area contributed by atoms with E-state index < -0.39 is 0 Å². The van der Waals surface area contributed by atoms with Crippen LogP contribution in [0.2, 0.25) is 0 Å². The van der Waals surface area contributed by atoms with Gasteiger partial charge in [0.05, 0.1) is 0 Å². The van der Waals surface area contributed by atoms with Crippen molar-refractivity contribution in [2.75, 3.05) is 6.61 Å². The molecule has 0 aliphatic heterocycles. The van der Waals surface area contributed by atoms with Crippen molar-refractivity contribution < 1.29 is 4.74 Å². The van der Waals surface area contributed by atoms with Crippen LogP contribution in [0, 0.1) is 6.92 Å². The van der Waals surface area contributed by atoms with Crippen LogP contribution in [0.25, 0.3) is 0 Å². The van der Waals surface area contributed by atoms with Gasteiger partial charge in [0.2, 0.25) is 0 Å². The number of hydrogen-bond donors (Lipinski definition) is 0. The molecule has 57 valence electrons. The second kappa shape index (κ2) is 4.56. The molecule has 1 aromatic rings. The highest BCUT2D eigenvalue weighted by molar-refractivity contribution is 5.21. The number of allylic oxidation sites excluding steroid dienone is 1. The van der Waals surface area contributed by atoms with E-state index in [1.807, 2.05) is 36.4 Å². The maximum absolute atomic E-state index is 5.32. The monoisotopic (exact) mass is 147 g/mol. The molecular weight excluding hydrogens is 136 g/mol. The van der Waals surface area contributed by atoms with Gasteiger partial charge in [0.1, 0.15) is 12.4 Å². The van der Waals surface area contributed by atoms with Gasteiger partial charge in [-0.05, 0) is 19.1 Å². The second-order valence-corrected chi connectivity index (χ2v) is 2.10. The Balaban J connectivity index is 2.39. The molecular formula is C10H11O. The Bertz CT molecular complexity index is 214. The molecule has 0 amide bonds. The van der Waals surface area contributed by atoms with Gasteiger partial charge in [-0.1, -0.05) is 30.4 Å². The molecule has 1 aromatic carbocycles. The lowest BCUT2D eigenvalue weighted by Crippen LogP contribution is -1.91. The maximum Gasteiger partial charge on any atom is 0.119 e. The highest BCUT2D eigenvalue weighted by Gasteiger charge is 1.85. The summed E-state index contributed by atoms with van der Waals surface area (Å²) in [6.45, 7) is 4.15. The molecule has 0 aliphatic rings. The van der Waals surface area contributed by atoms with Crippen LogP contribution in [0.4, 0.5) is 0 Å². The molecule has 1 rings (SSSR count). The van der Waals surface area contributed by atoms with Crippen LogP contribution in [0.15, 0.2) is 42.5 Å². The van der Waals surface area contributed by atoms with E-state index in [4.69, 9.17) is 4.74 Å². The van der Waals surface area contributed by atoms with E-state index >= 15 is 0 Å². The number of hydrogen-bond acceptors (Lipinski definition) is 1. The van der Waals surface area contributed by atoms with Crippen LogP contribution in [-0.2, 0) is 0 Å². The molecule has 0 aliphatic carbocycles. The van der Waals surface area contributed by atoms with Gasteiger partial charge in [-0.2, -0.15) is 0 Å². The molecule has 1 nitrogen and oxygen atoms in total. The van der Waals surface area contributed by atoms with E-state index in [0.717, 1.165) is 5.75 Å². The second-order valence-electron chi connectivity index (χ2n) is 2.10. The summed E-state index contributed by atoms with van der Waals surface area (Å²) in [4.78, 5) is 0. The van der Waals surface area contributed by atoms with Gasteiger partial charge in [0, 0.05) is 0 Å². The van der Waals surface area contributed by atoms with Crippen molar-refractivity contribution in [1.82, 2.24) is 0 Å². The quantitative estimate of drug-likeness (QED) is 0.638. The highest BCUT2D eigenvalue weighted by atomic mass is 16.5. The molecule has 0 aromatic heterocycles. The Kier molecular flexibility index (Phi) is 3.26. The zero-order chi connectivity index (χ0) is 7.94. The minimum absolute atomic E-state index is 0.591. The first kappa shape index (κ1) is 7.86. The molecule has 0 saturated heterocycles. The summed E-state index contributed by atoms with van der Waals surface area (Å²) in [5.74, 6) is 0.894. The summed E-state index contributed by atoms with van der Waals surface area (Å²) < 4.78 is 5.32. The van der Waals surface area contributed by atoms with Crippen LogP contribution in [0.5, 0.6) is 5.75 Å². The smallest absolute Gasteiger partial charge is 0.119 e. The molecule has 1 radical (unpaired) electrons. The Labute approximate surface area is 67.3 Å². The van der Waals surface area contributed by atoms with E-state index in [1.165, 1.54) is 0 Å². The van der Waals surface area contributed by atoms with E-state index in [-0.39, 0.29) is 0 Å². The molecule has 0 spiro atoms. The topological polar surface area (TPSA) is 9.23 Å². The van der Waals surface area contributed by atoms with Crippen molar-refractivity contribution in [3.05, 3.63) is 49.4 Å². The zero-order valence-corrected chi connectivity index (χ0v) is 6.36. The summed E-state index contributed by atoms with van der Waals surface area (Å²) in [7, 11) is 0. The predicted octanol–water partition coefficient (Wildman–Crippen LogP) is 2.46. The fourth-order valence-corrected chi connectivity index (χ4v) is 0.729. The van der Waals surface area contributed by atoms with Crippen LogP contribution in [0.3, 0.4) is 0 Å². The zero-order valence-electron chi connectivity index (χ0n) is 6.36. The lowest BCUT2D eigenvalue weighted by molar-refractivity contribution is 0.363.